The summed E-state index contributed by atoms with van der Waals surface area (Å²) in [6.07, 6.45) is 0. The van der Waals surface area contributed by atoms with E-state index in [0.29, 0.717) is 5.76 Å². The minimum Gasteiger partial charge on any atom is -0.455 e. The molecule has 0 radical (unpaired) electrons. The summed E-state index contributed by atoms with van der Waals surface area (Å²) in [6, 6.07) is 7.15. The van der Waals surface area contributed by atoms with Crippen LogP contribution in [-0.4, -0.2) is 12.9 Å². The minimum absolute atomic E-state index is 0.0362. The Morgan fingerprint density at radius 1 is 1.39 bits per heavy atom. The van der Waals surface area contributed by atoms with E-state index in [4.69, 9.17) is 20.8 Å². The molecule has 18 heavy (non-hydrogen) atoms. The molecule has 1 aromatic carbocycles. The maximum Gasteiger partial charge on any atom is 0.232 e. The van der Waals surface area contributed by atoms with Crippen LogP contribution in [0.3, 0.4) is 0 Å². The zero-order valence-electron chi connectivity index (χ0n) is 9.57. The smallest absolute Gasteiger partial charge is 0.232 e. The third-order valence-electron chi connectivity index (χ3n) is 2.36. The van der Waals surface area contributed by atoms with E-state index in [1.165, 1.54) is 31.4 Å². The standard InChI is InChI=1S/C13H10ClFO3/c1-17-7-8-5-6-11(18-8)13(16)12-9(14)3-2-4-10(12)15/h2-6H,7H2,1H3. The van der Waals surface area contributed by atoms with Gasteiger partial charge in [-0.1, -0.05) is 17.7 Å². The number of rotatable bonds is 4. The van der Waals surface area contributed by atoms with Crippen LogP contribution in [0.15, 0.2) is 34.7 Å². The van der Waals surface area contributed by atoms with Crippen LogP contribution in [-0.2, 0) is 11.3 Å². The molecule has 0 saturated heterocycles. The van der Waals surface area contributed by atoms with E-state index in [0.717, 1.165) is 0 Å². The summed E-state index contributed by atoms with van der Waals surface area (Å²) >= 11 is 5.82. The predicted octanol–water partition coefficient (Wildman–Crippen LogP) is 3.45. The highest BCUT2D eigenvalue weighted by Gasteiger charge is 2.20. The van der Waals surface area contributed by atoms with Gasteiger partial charge in [-0.2, -0.15) is 0 Å². The lowest BCUT2D eigenvalue weighted by Gasteiger charge is -2.02. The largest absolute Gasteiger partial charge is 0.455 e. The number of methoxy groups -OCH3 is 1. The van der Waals surface area contributed by atoms with Crippen molar-refractivity contribution >= 4 is 17.4 Å². The molecule has 5 heteroatoms. The topological polar surface area (TPSA) is 39.4 Å². The van der Waals surface area contributed by atoms with E-state index in [-0.39, 0.29) is 23.0 Å². The number of furan rings is 1. The van der Waals surface area contributed by atoms with Crippen LogP contribution >= 0.6 is 11.6 Å². The number of carbonyl (C=O) groups excluding carboxylic acids is 1. The molecule has 0 atom stereocenters. The molecule has 1 heterocycles. The summed E-state index contributed by atoms with van der Waals surface area (Å²) in [5.74, 6) is -0.722. The van der Waals surface area contributed by atoms with E-state index < -0.39 is 11.6 Å². The first-order chi connectivity index (χ1) is 8.63. The van der Waals surface area contributed by atoms with Gasteiger partial charge >= 0.3 is 0 Å². The molecule has 0 unspecified atom stereocenters. The van der Waals surface area contributed by atoms with Gasteiger partial charge in [0.2, 0.25) is 5.78 Å². The Kier molecular flexibility index (Phi) is 3.79. The number of benzene rings is 1. The first-order valence-electron chi connectivity index (χ1n) is 5.20. The monoisotopic (exact) mass is 268 g/mol. The van der Waals surface area contributed by atoms with Crippen molar-refractivity contribution in [1.29, 1.82) is 0 Å². The fourth-order valence-electron chi connectivity index (χ4n) is 1.56. The number of ketones is 1. The molecular weight excluding hydrogens is 259 g/mol. The van der Waals surface area contributed by atoms with Gasteiger partial charge in [0, 0.05) is 7.11 Å². The van der Waals surface area contributed by atoms with Crippen molar-refractivity contribution in [2.45, 2.75) is 6.61 Å². The lowest BCUT2D eigenvalue weighted by Crippen LogP contribution is -2.04. The first kappa shape index (κ1) is 12.8. The molecule has 0 aliphatic carbocycles. The number of hydrogen-bond acceptors (Lipinski definition) is 3. The number of halogens is 2. The van der Waals surface area contributed by atoms with Gasteiger partial charge in [-0.15, -0.1) is 0 Å². The molecule has 1 aromatic heterocycles. The fourth-order valence-corrected chi connectivity index (χ4v) is 1.81. The van der Waals surface area contributed by atoms with Crippen molar-refractivity contribution in [3.63, 3.8) is 0 Å². The Hall–Kier alpha value is -1.65. The van der Waals surface area contributed by atoms with E-state index >= 15 is 0 Å². The molecule has 0 spiro atoms. The Labute approximate surface area is 108 Å². The molecule has 0 aliphatic heterocycles. The first-order valence-corrected chi connectivity index (χ1v) is 5.57. The highest BCUT2D eigenvalue weighted by atomic mass is 35.5. The Morgan fingerprint density at radius 2 is 2.17 bits per heavy atom. The molecule has 2 rings (SSSR count). The van der Waals surface area contributed by atoms with Gasteiger partial charge in [-0.05, 0) is 24.3 Å². The second-order valence-electron chi connectivity index (χ2n) is 3.62. The van der Waals surface area contributed by atoms with Gasteiger partial charge in [-0.25, -0.2) is 4.39 Å². The normalized spacial score (nSPS) is 10.6. The van der Waals surface area contributed by atoms with Crippen molar-refractivity contribution < 1.29 is 18.3 Å². The van der Waals surface area contributed by atoms with Crippen LogP contribution in [0.2, 0.25) is 5.02 Å². The van der Waals surface area contributed by atoms with Crippen molar-refractivity contribution in [3.05, 3.63) is 58.3 Å². The number of ether oxygens (including phenoxy) is 1. The molecule has 0 amide bonds. The second-order valence-corrected chi connectivity index (χ2v) is 4.03. The highest BCUT2D eigenvalue weighted by molar-refractivity contribution is 6.34. The molecule has 2 aromatic rings. The molecule has 0 fully saturated rings. The molecule has 0 aliphatic rings. The Bertz CT molecular complexity index is 557. The van der Waals surface area contributed by atoms with Gasteiger partial charge in [-0.3, -0.25) is 4.79 Å². The number of hydrogen-bond donors (Lipinski definition) is 0. The minimum atomic E-state index is -0.669. The Morgan fingerprint density at radius 3 is 2.83 bits per heavy atom. The summed E-state index contributed by atoms with van der Waals surface area (Å²) in [4.78, 5) is 12.0. The summed E-state index contributed by atoms with van der Waals surface area (Å²) < 4.78 is 23.7. The lowest BCUT2D eigenvalue weighted by atomic mass is 10.1. The van der Waals surface area contributed by atoms with Crippen molar-refractivity contribution in [2.24, 2.45) is 0 Å². The van der Waals surface area contributed by atoms with E-state index in [1.807, 2.05) is 0 Å². The molecule has 94 valence electrons. The Balaban J connectivity index is 2.35. The summed E-state index contributed by atoms with van der Waals surface area (Å²) in [7, 11) is 1.51. The van der Waals surface area contributed by atoms with Gasteiger partial charge in [0.05, 0.1) is 10.6 Å². The van der Waals surface area contributed by atoms with Crippen LogP contribution in [0.25, 0.3) is 0 Å². The summed E-state index contributed by atoms with van der Waals surface area (Å²) in [5.41, 5.74) is -0.183. The predicted molar refractivity (Wildman–Crippen MR) is 64.3 cm³/mol. The molecular formula is C13H10ClFO3. The van der Waals surface area contributed by atoms with Crippen molar-refractivity contribution in [3.8, 4) is 0 Å². The van der Waals surface area contributed by atoms with Crippen LogP contribution in [0.4, 0.5) is 4.39 Å². The molecule has 0 saturated carbocycles. The molecule has 0 bridgehead atoms. The van der Waals surface area contributed by atoms with Crippen molar-refractivity contribution in [1.82, 2.24) is 0 Å². The highest BCUT2D eigenvalue weighted by Crippen LogP contribution is 2.23. The van der Waals surface area contributed by atoms with Gasteiger partial charge in [0.15, 0.2) is 5.76 Å². The van der Waals surface area contributed by atoms with Crippen molar-refractivity contribution in [2.75, 3.05) is 7.11 Å². The zero-order chi connectivity index (χ0) is 13.1. The van der Waals surface area contributed by atoms with Crippen LogP contribution in [0, 0.1) is 5.82 Å². The van der Waals surface area contributed by atoms with E-state index in [2.05, 4.69) is 0 Å². The second kappa shape index (κ2) is 5.33. The van der Waals surface area contributed by atoms with E-state index in [1.54, 1.807) is 6.07 Å². The van der Waals surface area contributed by atoms with Crippen LogP contribution in [0.1, 0.15) is 21.9 Å². The third-order valence-corrected chi connectivity index (χ3v) is 2.68. The zero-order valence-corrected chi connectivity index (χ0v) is 10.3. The fraction of sp³-hybridized carbons (Fsp3) is 0.154. The van der Waals surface area contributed by atoms with Crippen LogP contribution < -0.4 is 0 Å². The SMILES string of the molecule is COCc1ccc(C(=O)c2c(F)cccc2Cl)o1. The van der Waals surface area contributed by atoms with E-state index in [9.17, 15) is 9.18 Å². The van der Waals surface area contributed by atoms with Gasteiger partial charge < -0.3 is 9.15 Å². The van der Waals surface area contributed by atoms with Gasteiger partial charge in [0.25, 0.3) is 0 Å². The molecule has 3 nitrogen and oxygen atoms in total. The maximum absolute atomic E-state index is 13.6. The summed E-state index contributed by atoms with van der Waals surface area (Å²) in [6.45, 7) is 0.248. The molecule has 0 N–H and O–H groups in total. The third kappa shape index (κ3) is 2.44. The maximum atomic E-state index is 13.6. The average Bonchev–Trinajstić information content (AvgIpc) is 2.78. The summed E-state index contributed by atoms with van der Waals surface area (Å²) in [5, 5.41) is 0.0599. The van der Waals surface area contributed by atoms with Crippen LogP contribution in [0.5, 0.6) is 0 Å². The van der Waals surface area contributed by atoms with Gasteiger partial charge in [0.1, 0.15) is 18.2 Å². The number of carbonyl (C=O) groups is 1. The average molecular weight is 269 g/mol. The lowest BCUT2D eigenvalue weighted by molar-refractivity contribution is 0.0996. The quantitative estimate of drug-likeness (QED) is 0.797.